The van der Waals surface area contributed by atoms with Gasteiger partial charge in [-0.3, -0.25) is 14.4 Å². The van der Waals surface area contributed by atoms with E-state index in [1.165, 1.54) is 13.2 Å². The normalized spacial score (nSPS) is 13.4. The van der Waals surface area contributed by atoms with Crippen LogP contribution in [-0.4, -0.2) is 24.8 Å². The molecule has 0 saturated heterocycles. The Balaban J connectivity index is 1.56. The Kier molecular flexibility index (Phi) is 6.92. The molecule has 1 aliphatic rings. The number of benzene rings is 3. The first-order valence-corrected chi connectivity index (χ1v) is 11.4. The molecular weight excluding hydrogens is 545 g/mol. The van der Waals surface area contributed by atoms with Gasteiger partial charge in [0.05, 0.1) is 12.8 Å². The molecule has 3 aromatic carbocycles. The largest absolute Gasteiger partial charge is 0.495 e. The van der Waals surface area contributed by atoms with Gasteiger partial charge in [0, 0.05) is 26.4 Å². The molecular formula is C24H16BrCl2N3O4. The van der Waals surface area contributed by atoms with Gasteiger partial charge >= 0.3 is 0 Å². The van der Waals surface area contributed by atoms with Gasteiger partial charge in [-0.05, 0) is 60.7 Å². The molecule has 1 heterocycles. The van der Waals surface area contributed by atoms with Gasteiger partial charge in [0.1, 0.15) is 16.5 Å². The van der Waals surface area contributed by atoms with Crippen molar-refractivity contribution in [2.24, 2.45) is 0 Å². The van der Waals surface area contributed by atoms with Crippen LogP contribution in [0.2, 0.25) is 5.02 Å². The lowest BCUT2D eigenvalue weighted by atomic mass is 10.1. The van der Waals surface area contributed by atoms with E-state index in [2.05, 4.69) is 26.6 Å². The second-order valence-corrected chi connectivity index (χ2v) is 8.85. The van der Waals surface area contributed by atoms with Crippen molar-refractivity contribution in [2.45, 2.75) is 0 Å². The van der Waals surface area contributed by atoms with Crippen LogP contribution in [0, 0.1) is 0 Å². The summed E-state index contributed by atoms with van der Waals surface area (Å²) in [6, 6.07) is 18.2. The molecule has 0 aromatic heterocycles. The summed E-state index contributed by atoms with van der Waals surface area (Å²) in [5.41, 5.74) is 1.41. The third kappa shape index (κ3) is 4.79. The van der Waals surface area contributed by atoms with Crippen LogP contribution in [-0.2, 0) is 9.59 Å². The molecule has 4 rings (SSSR count). The van der Waals surface area contributed by atoms with Gasteiger partial charge in [0.15, 0.2) is 0 Å². The maximum Gasteiger partial charge on any atom is 0.283 e. The van der Waals surface area contributed by atoms with Gasteiger partial charge in [-0.15, -0.1) is 0 Å². The van der Waals surface area contributed by atoms with Crippen molar-refractivity contribution in [3.05, 3.63) is 92.5 Å². The number of hydrogen-bond acceptors (Lipinski definition) is 5. The van der Waals surface area contributed by atoms with E-state index in [-0.39, 0.29) is 28.1 Å². The molecule has 10 heteroatoms. The molecule has 0 aliphatic carbocycles. The number of anilines is 3. The van der Waals surface area contributed by atoms with Gasteiger partial charge in [0.2, 0.25) is 0 Å². The Morgan fingerprint density at radius 1 is 0.941 bits per heavy atom. The molecule has 0 radical (unpaired) electrons. The molecule has 3 amide bonds. The van der Waals surface area contributed by atoms with Crippen molar-refractivity contribution >= 4 is 73.9 Å². The molecule has 0 spiro atoms. The Bertz CT molecular complexity index is 1340. The van der Waals surface area contributed by atoms with Crippen LogP contribution < -0.4 is 20.3 Å². The molecule has 0 fully saturated rings. The average molecular weight is 561 g/mol. The number of halogens is 3. The Morgan fingerprint density at radius 3 is 2.38 bits per heavy atom. The van der Waals surface area contributed by atoms with Crippen molar-refractivity contribution in [3.8, 4) is 5.75 Å². The van der Waals surface area contributed by atoms with Crippen molar-refractivity contribution in [1.29, 1.82) is 0 Å². The molecule has 0 atom stereocenters. The molecule has 172 valence electrons. The minimum absolute atomic E-state index is 0.126. The minimum Gasteiger partial charge on any atom is -0.495 e. The highest BCUT2D eigenvalue weighted by molar-refractivity contribution is 9.10. The number of rotatable bonds is 6. The predicted molar refractivity (Wildman–Crippen MR) is 136 cm³/mol. The van der Waals surface area contributed by atoms with Crippen LogP contribution >= 0.6 is 39.1 Å². The summed E-state index contributed by atoms with van der Waals surface area (Å²) in [5.74, 6) is -1.47. The zero-order valence-corrected chi connectivity index (χ0v) is 20.7. The standard InChI is InChI=1S/C24H16BrCl2N3O4/c1-34-19-10-7-15(26)12-18(19)30-23(32)20(27)21(24(30)33)28-17-4-2-3-13(11-17)22(31)29-16-8-5-14(25)6-9-16/h2-12,28H,1H3,(H,29,31). The Hall–Kier alpha value is -3.33. The number of nitrogens with zero attached hydrogens (tertiary/aromatic N) is 1. The van der Waals surface area contributed by atoms with E-state index in [9.17, 15) is 14.4 Å². The van der Waals surface area contributed by atoms with Gasteiger partial charge in [-0.1, -0.05) is 45.2 Å². The lowest BCUT2D eigenvalue weighted by Gasteiger charge is -2.18. The predicted octanol–water partition coefficient (Wildman–Crippen LogP) is 5.80. The summed E-state index contributed by atoms with van der Waals surface area (Å²) in [6.07, 6.45) is 0. The fourth-order valence-electron chi connectivity index (χ4n) is 3.29. The van der Waals surface area contributed by atoms with E-state index in [1.54, 1.807) is 48.5 Å². The number of carbonyl (C=O) groups is 3. The lowest BCUT2D eigenvalue weighted by Crippen LogP contribution is -2.32. The van der Waals surface area contributed by atoms with E-state index < -0.39 is 11.8 Å². The molecule has 0 saturated carbocycles. The molecule has 34 heavy (non-hydrogen) atoms. The smallest absolute Gasteiger partial charge is 0.283 e. The third-order valence-electron chi connectivity index (χ3n) is 4.91. The quantitative estimate of drug-likeness (QED) is 0.372. The molecule has 1 aliphatic heterocycles. The fourth-order valence-corrected chi connectivity index (χ4v) is 3.93. The highest BCUT2D eigenvalue weighted by Crippen LogP contribution is 2.37. The minimum atomic E-state index is -0.723. The first kappa shape index (κ1) is 23.8. The van der Waals surface area contributed by atoms with Gasteiger partial charge in [-0.25, -0.2) is 4.90 Å². The number of nitrogens with one attached hydrogen (secondary N) is 2. The van der Waals surface area contributed by atoms with Crippen molar-refractivity contribution in [3.63, 3.8) is 0 Å². The summed E-state index contributed by atoms with van der Waals surface area (Å²) in [5, 5.41) is 5.68. The van der Waals surface area contributed by atoms with Gasteiger partial charge < -0.3 is 15.4 Å². The average Bonchev–Trinajstić information content (AvgIpc) is 3.03. The van der Waals surface area contributed by atoms with Crippen LogP contribution in [0.1, 0.15) is 10.4 Å². The second-order valence-electron chi connectivity index (χ2n) is 7.12. The maximum absolute atomic E-state index is 13.1. The van der Waals surface area contributed by atoms with E-state index in [4.69, 9.17) is 27.9 Å². The van der Waals surface area contributed by atoms with Crippen LogP contribution in [0.4, 0.5) is 17.1 Å². The van der Waals surface area contributed by atoms with Gasteiger partial charge in [-0.2, -0.15) is 0 Å². The Morgan fingerprint density at radius 2 is 1.68 bits per heavy atom. The molecule has 0 unspecified atom stereocenters. The third-order valence-corrected chi connectivity index (χ3v) is 6.02. The van der Waals surface area contributed by atoms with E-state index >= 15 is 0 Å². The molecule has 3 aromatic rings. The summed E-state index contributed by atoms with van der Waals surface area (Å²) in [7, 11) is 1.41. The number of ether oxygens (including phenoxy) is 1. The number of methoxy groups -OCH3 is 1. The van der Waals surface area contributed by atoms with Crippen LogP contribution in [0.5, 0.6) is 5.75 Å². The number of hydrogen-bond donors (Lipinski definition) is 2. The first-order valence-electron chi connectivity index (χ1n) is 9.84. The maximum atomic E-state index is 13.1. The molecule has 2 N–H and O–H groups in total. The van der Waals surface area contributed by atoms with Crippen molar-refractivity contribution in [2.75, 3.05) is 22.6 Å². The van der Waals surface area contributed by atoms with E-state index in [0.29, 0.717) is 22.0 Å². The van der Waals surface area contributed by atoms with Crippen LogP contribution in [0.15, 0.2) is 81.9 Å². The van der Waals surface area contributed by atoms with Crippen molar-refractivity contribution in [1.82, 2.24) is 0 Å². The summed E-state index contributed by atoms with van der Waals surface area (Å²) in [4.78, 5) is 39.5. The van der Waals surface area contributed by atoms with Gasteiger partial charge in [0.25, 0.3) is 17.7 Å². The van der Waals surface area contributed by atoms with Crippen LogP contribution in [0.3, 0.4) is 0 Å². The first-order chi connectivity index (χ1) is 16.3. The number of amides is 3. The number of imide groups is 1. The van der Waals surface area contributed by atoms with Crippen molar-refractivity contribution < 1.29 is 19.1 Å². The highest BCUT2D eigenvalue weighted by atomic mass is 79.9. The molecule has 0 bridgehead atoms. The zero-order valence-electron chi connectivity index (χ0n) is 17.6. The fraction of sp³-hybridized carbons (Fsp3) is 0.0417. The highest BCUT2D eigenvalue weighted by Gasteiger charge is 2.40. The van der Waals surface area contributed by atoms with E-state index in [1.807, 2.05) is 12.1 Å². The van der Waals surface area contributed by atoms with E-state index in [0.717, 1.165) is 9.37 Å². The summed E-state index contributed by atoms with van der Waals surface area (Å²) in [6.45, 7) is 0. The Labute approximate surface area is 213 Å². The zero-order chi connectivity index (χ0) is 24.4. The monoisotopic (exact) mass is 559 g/mol. The summed E-state index contributed by atoms with van der Waals surface area (Å²) >= 11 is 15.6. The SMILES string of the molecule is COc1ccc(Cl)cc1N1C(=O)C(Cl)=C(Nc2cccc(C(=O)Nc3ccc(Br)cc3)c2)C1=O. The summed E-state index contributed by atoms with van der Waals surface area (Å²) < 4.78 is 6.15. The second kappa shape index (κ2) is 9.89. The topological polar surface area (TPSA) is 87.7 Å². The number of carbonyl (C=O) groups excluding carboxylic acids is 3. The van der Waals surface area contributed by atoms with Crippen LogP contribution in [0.25, 0.3) is 0 Å². The molecule has 7 nitrogen and oxygen atoms in total. The lowest BCUT2D eigenvalue weighted by molar-refractivity contribution is -0.120.